The van der Waals surface area contributed by atoms with Gasteiger partial charge in [-0.2, -0.15) is 0 Å². The first kappa shape index (κ1) is 18.3. The summed E-state index contributed by atoms with van der Waals surface area (Å²) < 4.78 is 15.2. The minimum absolute atomic E-state index is 0.268. The maximum atomic E-state index is 5.77. The summed E-state index contributed by atoms with van der Waals surface area (Å²) in [5.74, 6) is 4.92. The van der Waals surface area contributed by atoms with Gasteiger partial charge in [-0.3, -0.25) is 4.57 Å². The second kappa shape index (κ2) is 6.97. The Bertz CT molecular complexity index is 1290. The van der Waals surface area contributed by atoms with E-state index < -0.39 is 0 Å². The van der Waals surface area contributed by atoms with Crippen molar-refractivity contribution in [3.05, 3.63) is 53.6 Å². The molecule has 4 heterocycles. The molecule has 0 aliphatic carbocycles. The normalized spacial score (nSPS) is 12.2. The summed E-state index contributed by atoms with van der Waals surface area (Å²) in [5, 5.41) is 8.77. The molecule has 3 aromatic heterocycles. The molecule has 30 heavy (non-hydrogen) atoms. The van der Waals surface area contributed by atoms with Crippen molar-refractivity contribution in [3.8, 4) is 41.0 Å². The molecule has 0 N–H and O–H groups in total. The molecule has 4 aromatic rings. The van der Waals surface area contributed by atoms with E-state index in [1.165, 1.54) is 0 Å². The van der Waals surface area contributed by atoms with E-state index in [1.54, 1.807) is 19.7 Å². The van der Waals surface area contributed by atoms with E-state index in [4.69, 9.17) is 15.6 Å². The van der Waals surface area contributed by atoms with Crippen LogP contribution in [0.2, 0.25) is 0 Å². The lowest BCUT2D eigenvalue weighted by atomic mass is 10.1. The van der Waals surface area contributed by atoms with Crippen LogP contribution in [0.15, 0.2) is 35.2 Å². The highest BCUT2D eigenvalue weighted by Crippen LogP contribution is 2.35. The molecule has 1 aliphatic heterocycles. The summed E-state index contributed by atoms with van der Waals surface area (Å²) in [6.45, 7) is 5.00. The van der Waals surface area contributed by atoms with Crippen molar-refractivity contribution in [2.75, 3.05) is 7.11 Å². The Balaban J connectivity index is 1.75. The predicted molar refractivity (Wildman–Crippen MR) is 110 cm³/mol. The third kappa shape index (κ3) is 2.75. The number of terminal acetylenes is 1. The Morgan fingerprint density at radius 1 is 1.30 bits per heavy atom. The number of methoxy groups -OCH3 is 1. The van der Waals surface area contributed by atoms with Crippen molar-refractivity contribution >= 4 is 0 Å². The molecule has 0 spiro atoms. The van der Waals surface area contributed by atoms with Crippen LogP contribution >= 0.6 is 0 Å². The minimum Gasteiger partial charge on any atom is -0.443 e. The number of imidazole rings is 1. The third-order valence-electron chi connectivity index (χ3n) is 5.25. The van der Waals surface area contributed by atoms with E-state index in [2.05, 4.69) is 39.9 Å². The van der Waals surface area contributed by atoms with Gasteiger partial charge in [0.1, 0.15) is 24.9 Å². The molecule has 0 radical (unpaired) electrons. The Kier molecular flexibility index (Phi) is 4.26. The molecule has 150 valence electrons. The molecule has 0 saturated carbocycles. The van der Waals surface area contributed by atoms with Crippen molar-refractivity contribution in [1.82, 2.24) is 29.3 Å². The van der Waals surface area contributed by atoms with Gasteiger partial charge in [-0.25, -0.2) is 9.97 Å². The number of hydrogen-bond acceptors (Lipinski definition) is 6. The lowest BCUT2D eigenvalue weighted by Gasteiger charge is -2.09. The van der Waals surface area contributed by atoms with Gasteiger partial charge in [0, 0.05) is 18.2 Å². The number of rotatable bonds is 4. The standard InChI is InChI=1S/C22H20N6O2/c1-5-14-6-7-17-15(8-14)21-26-25-19(11-29-4)27(21)9-18-20(23-12-28(17)18)22-24-16(10-30-22)13(2)3/h1,6-8,10,12-13H,9,11H2,2-4H3. The summed E-state index contributed by atoms with van der Waals surface area (Å²) in [6.07, 6.45) is 9.12. The van der Waals surface area contributed by atoms with E-state index in [9.17, 15) is 0 Å². The van der Waals surface area contributed by atoms with Crippen LogP contribution in [-0.4, -0.2) is 36.4 Å². The van der Waals surface area contributed by atoms with Crippen LogP contribution in [0.3, 0.4) is 0 Å². The summed E-state index contributed by atoms with van der Waals surface area (Å²) in [5.41, 5.74) is 5.10. The molecule has 0 amide bonds. The van der Waals surface area contributed by atoms with Gasteiger partial charge in [-0.1, -0.05) is 19.8 Å². The van der Waals surface area contributed by atoms with Crippen molar-refractivity contribution in [1.29, 1.82) is 0 Å². The highest BCUT2D eigenvalue weighted by molar-refractivity contribution is 5.72. The van der Waals surface area contributed by atoms with Gasteiger partial charge in [0.15, 0.2) is 11.6 Å². The zero-order valence-electron chi connectivity index (χ0n) is 17.0. The third-order valence-corrected chi connectivity index (χ3v) is 5.25. The molecule has 0 fully saturated rings. The van der Waals surface area contributed by atoms with Gasteiger partial charge in [0.25, 0.3) is 0 Å². The fourth-order valence-corrected chi connectivity index (χ4v) is 3.67. The zero-order chi connectivity index (χ0) is 20.8. The van der Waals surface area contributed by atoms with Crippen LogP contribution in [0.4, 0.5) is 0 Å². The number of fused-ring (bicyclic) bond motifs is 5. The van der Waals surface area contributed by atoms with Crippen LogP contribution in [0.5, 0.6) is 0 Å². The summed E-state index contributed by atoms with van der Waals surface area (Å²) in [7, 11) is 1.64. The lowest BCUT2D eigenvalue weighted by Crippen LogP contribution is -2.09. The maximum absolute atomic E-state index is 5.77. The summed E-state index contributed by atoms with van der Waals surface area (Å²) in [4.78, 5) is 9.28. The SMILES string of the molecule is C#Cc1ccc2c(c1)-c1nnc(COC)n1Cc1c(-c3nc(C(C)C)co3)ncn1-2. The number of nitrogens with zero attached hydrogens (tertiary/aromatic N) is 6. The van der Waals surface area contributed by atoms with E-state index >= 15 is 0 Å². The number of ether oxygens (including phenoxy) is 1. The maximum Gasteiger partial charge on any atom is 0.247 e. The second-order valence-electron chi connectivity index (χ2n) is 7.48. The molecule has 0 atom stereocenters. The van der Waals surface area contributed by atoms with Gasteiger partial charge in [0.2, 0.25) is 5.89 Å². The first-order chi connectivity index (χ1) is 14.6. The zero-order valence-corrected chi connectivity index (χ0v) is 17.0. The predicted octanol–water partition coefficient (Wildman–Crippen LogP) is 3.40. The molecule has 1 aromatic carbocycles. The Hall–Kier alpha value is -3.70. The fraction of sp³-hybridized carbons (Fsp3) is 0.273. The van der Waals surface area contributed by atoms with Gasteiger partial charge >= 0.3 is 0 Å². The molecule has 8 heteroatoms. The van der Waals surface area contributed by atoms with Gasteiger partial charge in [-0.15, -0.1) is 16.6 Å². The smallest absolute Gasteiger partial charge is 0.247 e. The van der Waals surface area contributed by atoms with E-state index in [0.29, 0.717) is 24.7 Å². The first-order valence-electron chi connectivity index (χ1n) is 9.65. The molecule has 0 saturated heterocycles. The highest BCUT2D eigenvalue weighted by atomic mass is 16.5. The van der Waals surface area contributed by atoms with Gasteiger partial charge in [0.05, 0.1) is 23.6 Å². The average molecular weight is 400 g/mol. The topological polar surface area (TPSA) is 83.8 Å². The van der Waals surface area contributed by atoms with Gasteiger partial charge in [-0.05, 0) is 24.1 Å². The van der Waals surface area contributed by atoms with Crippen LogP contribution in [0, 0.1) is 12.3 Å². The van der Waals surface area contributed by atoms with Crippen molar-refractivity contribution in [3.63, 3.8) is 0 Å². The average Bonchev–Trinajstić information content (AvgIpc) is 3.46. The lowest BCUT2D eigenvalue weighted by molar-refractivity contribution is 0.174. The number of benzene rings is 1. The number of oxazole rings is 1. The minimum atomic E-state index is 0.268. The molecular weight excluding hydrogens is 380 g/mol. The largest absolute Gasteiger partial charge is 0.443 e. The van der Waals surface area contributed by atoms with Crippen LogP contribution in [0.25, 0.3) is 28.7 Å². The summed E-state index contributed by atoms with van der Waals surface area (Å²) in [6, 6.07) is 5.84. The van der Waals surface area contributed by atoms with E-state index in [1.807, 2.05) is 27.3 Å². The molecule has 8 nitrogen and oxygen atoms in total. The summed E-state index contributed by atoms with van der Waals surface area (Å²) >= 11 is 0. The quantitative estimate of drug-likeness (QED) is 0.430. The Morgan fingerprint density at radius 2 is 2.17 bits per heavy atom. The first-order valence-corrected chi connectivity index (χ1v) is 9.65. The fourth-order valence-electron chi connectivity index (χ4n) is 3.67. The number of aromatic nitrogens is 6. The van der Waals surface area contributed by atoms with Crippen molar-refractivity contribution in [2.45, 2.75) is 32.9 Å². The van der Waals surface area contributed by atoms with Crippen LogP contribution < -0.4 is 0 Å². The highest BCUT2D eigenvalue weighted by Gasteiger charge is 2.28. The van der Waals surface area contributed by atoms with Crippen molar-refractivity contribution < 1.29 is 9.15 Å². The molecule has 1 aliphatic rings. The molecule has 0 bridgehead atoms. The van der Waals surface area contributed by atoms with Crippen LogP contribution in [0.1, 0.15) is 42.5 Å². The van der Waals surface area contributed by atoms with E-state index in [0.717, 1.165) is 39.9 Å². The van der Waals surface area contributed by atoms with Crippen LogP contribution in [-0.2, 0) is 17.9 Å². The number of hydrogen-bond donors (Lipinski definition) is 0. The Labute approximate surface area is 173 Å². The van der Waals surface area contributed by atoms with Crippen molar-refractivity contribution in [2.24, 2.45) is 0 Å². The second-order valence-corrected chi connectivity index (χ2v) is 7.48. The molecular formula is C22H20N6O2. The molecule has 0 unspecified atom stereocenters. The molecule has 5 rings (SSSR count). The Morgan fingerprint density at radius 3 is 2.90 bits per heavy atom. The van der Waals surface area contributed by atoms with E-state index in [-0.39, 0.29) is 5.92 Å². The van der Waals surface area contributed by atoms with Gasteiger partial charge < -0.3 is 13.7 Å². The monoisotopic (exact) mass is 400 g/mol.